The van der Waals surface area contributed by atoms with Gasteiger partial charge in [-0.15, -0.1) is 12.4 Å². The molecule has 1 aromatic rings. The van der Waals surface area contributed by atoms with Crippen LogP contribution in [0.1, 0.15) is 24.8 Å². The molecule has 0 bridgehead atoms. The van der Waals surface area contributed by atoms with Crippen LogP contribution in [-0.2, 0) is 16.0 Å². The zero-order valence-electron chi connectivity index (χ0n) is 12.6. The summed E-state index contributed by atoms with van der Waals surface area (Å²) in [7, 11) is 0. The Morgan fingerprint density at radius 2 is 1.77 bits per heavy atom. The van der Waals surface area contributed by atoms with Gasteiger partial charge in [0.05, 0.1) is 6.04 Å². The van der Waals surface area contributed by atoms with Crippen molar-refractivity contribution >= 4 is 24.2 Å². The third-order valence-electron chi connectivity index (χ3n) is 4.03. The quantitative estimate of drug-likeness (QED) is 0.849. The Labute approximate surface area is 137 Å². The SMILES string of the molecule is Cl.NC(=O)CC1CCN(C(=O)[C@@H](N)Cc2ccccc2)CC1. The lowest BCUT2D eigenvalue weighted by Gasteiger charge is -2.33. The molecular formula is C16H24ClN3O2. The van der Waals surface area contributed by atoms with Crippen LogP contribution in [0.2, 0.25) is 0 Å². The number of carbonyl (C=O) groups is 2. The number of benzene rings is 1. The first kappa shape index (κ1) is 18.5. The number of halogens is 1. The molecule has 1 aliphatic rings. The highest BCUT2D eigenvalue weighted by atomic mass is 35.5. The Morgan fingerprint density at radius 3 is 2.32 bits per heavy atom. The van der Waals surface area contributed by atoms with Crippen LogP contribution < -0.4 is 11.5 Å². The van der Waals surface area contributed by atoms with Crippen LogP contribution in [0, 0.1) is 5.92 Å². The molecule has 0 radical (unpaired) electrons. The van der Waals surface area contributed by atoms with E-state index in [1.807, 2.05) is 35.2 Å². The minimum absolute atomic E-state index is 0. The van der Waals surface area contributed by atoms with E-state index in [9.17, 15) is 9.59 Å². The smallest absolute Gasteiger partial charge is 0.239 e. The monoisotopic (exact) mass is 325 g/mol. The molecule has 1 atom stereocenters. The molecular weight excluding hydrogens is 302 g/mol. The standard InChI is InChI=1S/C16H23N3O2.ClH/c17-14(10-12-4-2-1-3-5-12)16(21)19-8-6-13(7-9-19)11-15(18)20;/h1-5,13-14H,6-11,17H2,(H2,18,20);1H/t14-;/m0./s1. The summed E-state index contributed by atoms with van der Waals surface area (Å²) in [4.78, 5) is 25.1. The van der Waals surface area contributed by atoms with E-state index in [0.29, 0.717) is 31.8 Å². The number of likely N-dealkylation sites (tertiary alicyclic amines) is 1. The van der Waals surface area contributed by atoms with Crippen molar-refractivity contribution < 1.29 is 9.59 Å². The number of nitrogens with zero attached hydrogens (tertiary/aromatic N) is 1. The molecule has 2 rings (SSSR count). The van der Waals surface area contributed by atoms with E-state index >= 15 is 0 Å². The van der Waals surface area contributed by atoms with Crippen molar-refractivity contribution in [1.82, 2.24) is 4.90 Å². The summed E-state index contributed by atoms with van der Waals surface area (Å²) < 4.78 is 0. The van der Waals surface area contributed by atoms with Gasteiger partial charge in [0, 0.05) is 19.5 Å². The lowest BCUT2D eigenvalue weighted by Crippen LogP contribution is -2.48. The highest BCUT2D eigenvalue weighted by molar-refractivity contribution is 5.85. The second-order valence-corrected chi connectivity index (χ2v) is 5.74. The van der Waals surface area contributed by atoms with Crippen LogP contribution in [0.25, 0.3) is 0 Å². The average molecular weight is 326 g/mol. The van der Waals surface area contributed by atoms with Crippen LogP contribution in [0.4, 0.5) is 0 Å². The zero-order chi connectivity index (χ0) is 15.2. The van der Waals surface area contributed by atoms with Crippen LogP contribution in [0.3, 0.4) is 0 Å². The lowest BCUT2D eigenvalue weighted by atomic mass is 9.92. The Hall–Kier alpha value is -1.59. The number of carbonyl (C=O) groups excluding carboxylic acids is 2. The molecule has 1 fully saturated rings. The van der Waals surface area contributed by atoms with E-state index in [-0.39, 0.29) is 24.2 Å². The predicted octanol–water partition coefficient (Wildman–Crippen LogP) is 1.09. The number of hydrogen-bond donors (Lipinski definition) is 2. The summed E-state index contributed by atoms with van der Waals surface area (Å²) in [5.74, 6) is 0.0360. The number of hydrogen-bond acceptors (Lipinski definition) is 3. The maximum atomic E-state index is 12.3. The van der Waals surface area contributed by atoms with Crippen molar-refractivity contribution in [1.29, 1.82) is 0 Å². The van der Waals surface area contributed by atoms with Crippen molar-refractivity contribution in [2.24, 2.45) is 17.4 Å². The molecule has 122 valence electrons. The molecule has 0 spiro atoms. The molecule has 1 aliphatic heterocycles. The van der Waals surface area contributed by atoms with Crippen LogP contribution >= 0.6 is 12.4 Å². The number of rotatable bonds is 5. The third kappa shape index (κ3) is 5.31. The lowest BCUT2D eigenvalue weighted by molar-refractivity contribution is -0.134. The first-order valence-corrected chi connectivity index (χ1v) is 7.43. The van der Waals surface area contributed by atoms with Gasteiger partial charge in [-0.2, -0.15) is 0 Å². The number of primary amides is 1. The summed E-state index contributed by atoms with van der Waals surface area (Å²) in [6.45, 7) is 1.33. The Kier molecular flexibility index (Phi) is 7.35. The zero-order valence-corrected chi connectivity index (χ0v) is 13.4. The first-order chi connectivity index (χ1) is 10.1. The van der Waals surface area contributed by atoms with Gasteiger partial charge in [0.2, 0.25) is 11.8 Å². The largest absolute Gasteiger partial charge is 0.370 e. The van der Waals surface area contributed by atoms with Gasteiger partial charge in [-0.05, 0) is 30.7 Å². The Balaban J connectivity index is 0.00000242. The fourth-order valence-electron chi connectivity index (χ4n) is 2.83. The van der Waals surface area contributed by atoms with E-state index < -0.39 is 6.04 Å². The average Bonchev–Trinajstić information content (AvgIpc) is 2.47. The fourth-order valence-corrected chi connectivity index (χ4v) is 2.83. The number of piperidine rings is 1. The second-order valence-electron chi connectivity index (χ2n) is 5.74. The molecule has 22 heavy (non-hydrogen) atoms. The molecule has 1 saturated heterocycles. The van der Waals surface area contributed by atoms with Gasteiger partial charge in [0.1, 0.15) is 0 Å². The highest BCUT2D eigenvalue weighted by Crippen LogP contribution is 2.20. The second kappa shape index (κ2) is 8.76. The summed E-state index contributed by atoms with van der Waals surface area (Å²) in [6.07, 6.45) is 2.62. The minimum atomic E-state index is -0.500. The molecule has 0 aromatic heterocycles. The van der Waals surface area contributed by atoms with Crippen LogP contribution in [0.5, 0.6) is 0 Å². The van der Waals surface area contributed by atoms with E-state index in [4.69, 9.17) is 11.5 Å². The van der Waals surface area contributed by atoms with Gasteiger partial charge in [-0.25, -0.2) is 0 Å². The maximum Gasteiger partial charge on any atom is 0.239 e. The summed E-state index contributed by atoms with van der Waals surface area (Å²) in [5, 5.41) is 0. The molecule has 6 heteroatoms. The molecule has 1 heterocycles. The van der Waals surface area contributed by atoms with E-state index in [2.05, 4.69) is 0 Å². The fraction of sp³-hybridized carbons (Fsp3) is 0.500. The summed E-state index contributed by atoms with van der Waals surface area (Å²) in [6, 6.07) is 9.29. The van der Waals surface area contributed by atoms with Gasteiger partial charge in [0.25, 0.3) is 0 Å². The van der Waals surface area contributed by atoms with Crippen molar-refractivity contribution in [3.05, 3.63) is 35.9 Å². The minimum Gasteiger partial charge on any atom is -0.370 e. The molecule has 5 nitrogen and oxygen atoms in total. The summed E-state index contributed by atoms with van der Waals surface area (Å²) >= 11 is 0. The molecule has 4 N–H and O–H groups in total. The van der Waals surface area contributed by atoms with Crippen LogP contribution in [0.15, 0.2) is 30.3 Å². The van der Waals surface area contributed by atoms with Crippen LogP contribution in [-0.4, -0.2) is 35.8 Å². The van der Waals surface area contributed by atoms with Crippen molar-refractivity contribution in [3.63, 3.8) is 0 Å². The third-order valence-corrected chi connectivity index (χ3v) is 4.03. The van der Waals surface area contributed by atoms with E-state index in [1.165, 1.54) is 0 Å². The van der Waals surface area contributed by atoms with E-state index in [1.54, 1.807) is 0 Å². The van der Waals surface area contributed by atoms with Gasteiger partial charge in [-0.1, -0.05) is 30.3 Å². The highest BCUT2D eigenvalue weighted by Gasteiger charge is 2.26. The van der Waals surface area contributed by atoms with Gasteiger partial charge in [0.15, 0.2) is 0 Å². The van der Waals surface area contributed by atoms with Crippen molar-refractivity contribution in [2.45, 2.75) is 31.7 Å². The molecule has 0 unspecified atom stereocenters. The van der Waals surface area contributed by atoms with Gasteiger partial charge < -0.3 is 16.4 Å². The van der Waals surface area contributed by atoms with Gasteiger partial charge >= 0.3 is 0 Å². The van der Waals surface area contributed by atoms with Gasteiger partial charge in [-0.3, -0.25) is 9.59 Å². The predicted molar refractivity (Wildman–Crippen MR) is 88.5 cm³/mol. The Bertz CT molecular complexity index is 487. The topological polar surface area (TPSA) is 89.4 Å². The summed E-state index contributed by atoms with van der Waals surface area (Å²) in [5.41, 5.74) is 12.3. The molecule has 0 aliphatic carbocycles. The molecule has 2 amide bonds. The molecule has 1 aromatic carbocycles. The van der Waals surface area contributed by atoms with Crippen molar-refractivity contribution in [2.75, 3.05) is 13.1 Å². The Morgan fingerprint density at radius 1 is 1.18 bits per heavy atom. The molecule has 0 saturated carbocycles. The number of amides is 2. The normalized spacial score (nSPS) is 16.7. The maximum absolute atomic E-state index is 12.3. The van der Waals surface area contributed by atoms with E-state index in [0.717, 1.165) is 18.4 Å². The van der Waals surface area contributed by atoms with Crippen molar-refractivity contribution in [3.8, 4) is 0 Å². The number of nitrogens with two attached hydrogens (primary N) is 2. The first-order valence-electron chi connectivity index (χ1n) is 7.43.